The van der Waals surface area contributed by atoms with Crippen LogP contribution >= 0.6 is 11.8 Å². The average Bonchev–Trinajstić information content (AvgIpc) is 3.00. The zero-order valence-corrected chi connectivity index (χ0v) is 12.5. The summed E-state index contributed by atoms with van der Waals surface area (Å²) in [6.07, 6.45) is 5.06. The van der Waals surface area contributed by atoms with Crippen molar-refractivity contribution in [2.24, 2.45) is 4.99 Å². The van der Waals surface area contributed by atoms with Crippen molar-refractivity contribution in [1.29, 1.82) is 0 Å². The van der Waals surface area contributed by atoms with Gasteiger partial charge in [-0.15, -0.1) is 0 Å². The molecule has 1 saturated carbocycles. The van der Waals surface area contributed by atoms with E-state index in [0.29, 0.717) is 13.2 Å². The van der Waals surface area contributed by atoms with E-state index in [1.54, 1.807) is 18.9 Å². The number of hydrogen-bond acceptors (Lipinski definition) is 4. The van der Waals surface area contributed by atoms with Crippen LogP contribution in [0.25, 0.3) is 0 Å². The van der Waals surface area contributed by atoms with Gasteiger partial charge in [-0.05, 0) is 19.8 Å². The largest absolute Gasteiger partial charge is 0.383 e. The Morgan fingerprint density at radius 3 is 3.00 bits per heavy atom. The van der Waals surface area contributed by atoms with Crippen LogP contribution in [0.3, 0.4) is 0 Å². The highest BCUT2D eigenvalue weighted by Gasteiger charge is 2.39. The van der Waals surface area contributed by atoms with Gasteiger partial charge in [0.2, 0.25) is 5.91 Å². The van der Waals surface area contributed by atoms with E-state index in [2.05, 4.69) is 15.6 Å². The molecule has 1 saturated heterocycles. The Kier molecular flexibility index (Phi) is 5.10. The molecule has 19 heavy (non-hydrogen) atoms. The summed E-state index contributed by atoms with van der Waals surface area (Å²) in [7, 11) is 1.62. The fraction of sp³-hybridized carbons (Fsp3) is 0.846. The number of carbonyl (C=O) groups excluding carboxylic acids is 1. The van der Waals surface area contributed by atoms with Gasteiger partial charge in [-0.1, -0.05) is 24.6 Å². The fourth-order valence-corrected chi connectivity index (χ4v) is 3.85. The van der Waals surface area contributed by atoms with E-state index in [1.807, 2.05) is 6.92 Å². The van der Waals surface area contributed by atoms with E-state index < -0.39 is 0 Å². The molecular weight excluding hydrogens is 262 g/mol. The van der Waals surface area contributed by atoms with Gasteiger partial charge in [-0.3, -0.25) is 4.79 Å². The van der Waals surface area contributed by atoms with Crippen LogP contribution in [0.1, 0.15) is 32.6 Å². The number of rotatable bonds is 5. The molecule has 1 unspecified atom stereocenters. The van der Waals surface area contributed by atoms with Gasteiger partial charge >= 0.3 is 0 Å². The summed E-state index contributed by atoms with van der Waals surface area (Å²) in [5.41, 5.74) is 0.260. The summed E-state index contributed by atoms with van der Waals surface area (Å²) < 4.78 is 4.90. The van der Waals surface area contributed by atoms with Crippen LogP contribution in [0.4, 0.5) is 0 Å². The summed E-state index contributed by atoms with van der Waals surface area (Å²) in [6, 6.07) is -0.344. The van der Waals surface area contributed by atoms with E-state index in [1.165, 1.54) is 25.7 Å². The molecule has 1 atom stereocenters. The molecule has 0 aromatic heterocycles. The maximum Gasteiger partial charge on any atom is 0.244 e. The minimum Gasteiger partial charge on any atom is -0.383 e. The molecule has 108 valence electrons. The molecule has 0 radical (unpaired) electrons. The molecule has 2 aliphatic rings. The number of nitrogens with zero attached hydrogens (tertiary/aromatic N) is 1. The number of methoxy groups -OCH3 is 1. The molecule has 0 aromatic rings. The first-order valence-electron chi connectivity index (χ1n) is 6.91. The predicted octanol–water partition coefficient (Wildman–Crippen LogP) is 1.14. The Labute approximate surface area is 119 Å². The van der Waals surface area contributed by atoms with E-state index in [4.69, 9.17) is 4.74 Å². The first kappa shape index (κ1) is 14.7. The fourth-order valence-electron chi connectivity index (χ4n) is 2.55. The van der Waals surface area contributed by atoms with Crippen LogP contribution in [0.15, 0.2) is 4.99 Å². The van der Waals surface area contributed by atoms with E-state index >= 15 is 0 Å². The summed E-state index contributed by atoms with van der Waals surface area (Å²) in [5.74, 6) is 1.04. The summed E-state index contributed by atoms with van der Waals surface area (Å²) in [4.78, 5) is 16.3. The Bertz CT molecular complexity index is 354. The highest BCUT2D eigenvalue weighted by molar-refractivity contribution is 8.14. The number of carbonyl (C=O) groups is 1. The van der Waals surface area contributed by atoms with Crippen LogP contribution in [0.2, 0.25) is 0 Å². The molecule has 5 nitrogen and oxygen atoms in total. The number of hydrogen-bond donors (Lipinski definition) is 2. The first-order chi connectivity index (χ1) is 9.15. The second kappa shape index (κ2) is 6.61. The summed E-state index contributed by atoms with van der Waals surface area (Å²) in [5, 5.41) is 7.27. The lowest BCUT2D eigenvalue weighted by Gasteiger charge is -2.22. The Hall–Kier alpha value is -0.750. The third kappa shape index (κ3) is 3.86. The summed E-state index contributed by atoms with van der Waals surface area (Å²) >= 11 is 1.75. The number of amidine groups is 1. The molecule has 1 aliphatic heterocycles. The number of aliphatic imine (C=N–C) groups is 1. The third-order valence-corrected chi connectivity index (χ3v) is 4.89. The third-order valence-electron chi connectivity index (χ3n) is 3.71. The smallest absolute Gasteiger partial charge is 0.244 e. The van der Waals surface area contributed by atoms with Gasteiger partial charge in [0.1, 0.15) is 6.04 Å². The van der Waals surface area contributed by atoms with Crippen LogP contribution in [-0.2, 0) is 9.53 Å². The second-order valence-corrected chi connectivity index (χ2v) is 6.26. The minimum atomic E-state index is -0.344. The standard InChI is InChI=1S/C13H23N3O2S/c1-10(11(17)14-7-8-18-2)15-12-16-13(9-19-12)5-3-4-6-13/h10H,3-9H2,1-2H3,(H,14,17)(H,15,16). The number of amides is 1. The molecule has 6 heteroatoms. The zero-order chi connectivity index (χ0) is 13.7. The average molecular weight is 285 g/mol. The van der Waals surface area contributed by atoms with Crippen molar-refractivity contribution < 1.29 is 9.53 Å². The monoisotopic (exact) mass is 285 g/mol. The van der Waals surface area contributed by atoms with Crippen molar-refractivity contribution in [1.82, 2.24) is 10.6 Å². The van der Waals surface area contributed by atoms with Gasteiger partial charge in [-0.2, -0.15) is 0 Å². The molecular formula is C13H23N3O2S. The zero-order valence-electron chi connectivity index (χ0n) is 11.7. The second-order valence-electron chi connectivity index (χ2n) is 5.30. The Morgan fingerprint density at radius 2 is 2.32 bits per heavy atom. The normalized spacial score (nSPS) is 24.6. The van der Waals surface area contributed by atoms with Gasteiger partial charge in [-0.25, -0.2) is 4.99 Å². The molecule has 0 aromatic carbocycles. The van der Waals surface area contributed by atoms with Crippen LogP contribution in [-0.4, -0.2) is 48.7 Å². The molecule has 1 heterocycles. The van der Waals surface area contributed by atoms with Gasteiger partial charge in [0.25, 0.3) is 0 Å². The predicted molar refractivity (Wildman–Crippen MR) is 78.6 cm³/mol. The Balaban J connectivity index is 1.82. The molecule has 2 fully saturated rings. The van der Waals surface area contributed by atoms with Crippen molar-refractivity contribution in [2.45, 2.75) is 44.2 Å². The first-order valence-corrected chi connectivity index (χ1v) is 7.89. The van der Waals surface area contributed by atoms with E-state index in [0.717, 1.165) is 10.9 Å². The molecule has 0 bridgehead atoms. The maximum atomic E-state index is 11.8. The van der Waals surface area contributed by atoms with Crippen molar-refractivity contribution in [3.05, 3.63) is 0 Å². The van der Waals surface area contributed by atoms with Crippen LogP contribution in [0, 0.1) is 0 Å². The lowest BCUT2D eigenvalue weighted by Crippen LogP contribution is -2.41. The molecule has 1 aliphatic carbocycles. The lowest BCUT2D eigenvalue weighted by atomic mass is 10.0. The molecule has 2 rings (SSSR count). The number of thioether (sulfide) groups is 1. The Morgan fingerprint density at radius 1 is 1.58 bits per heavy atom. The highest BCUT2D eigenvalue weighted by Crippen LogP contribution is 2.37. The SMILES string of the molecule is COCCNC(=O)C(C)N=C1NC2(CCCC2)CS1. The topological polar surface area (TPSA) is 62.7 Å². The maximum absolute atomic E-state index is 11.8. The molecule has 1 spiro atoms. The van der Waals surface area contributed by atoms with Gasteiger partial charge in [0.05, 0.1) is 6.61 Å². The summed E-state index contributed by atoms with van der Waals surface area (Å²) in [6.45, 7) is 2.90. The number of nitrogens with one attached hydrogen (secondary N) is 2. The number of ether oxygens (including phenoxy) is 1. The van der Waals surface area contributed by atoms with Crippen LogP contribution < -0.4 is 10.6 Å². The highest BCUT2D eigenvalue weighted by atomic mass is 32.2. The van der Waals surface area contributed by atoms with Gasteiger partial charge in [0, 0.05) is 24.9 Å². The van der Waals surface area contributed by atoms with Crippen molar-refractivity contribution >= 4 is 22.8 Å². The van der Waals surface area contributed by atoms with Gasteiger partial charge in [0.15, 0.2) is 5.17 Å². The molecule has 2 N–H and O–H groups in total. The van der Waals surface area contributed by atoms with E-state index in [-0.39, 0.29) is 17.5 Å². The van der Waals surface area contributed by atoms with Crippen LogP contribution in [0.5, 0.6) is 0 Å². The minimum absolute atomic E-state index is 0.0423. The van der Waals surface area contributed by atoms with Crippen molar-refractivity contribution in [3.8, 4) is 0 Å². The molecule has 1 amide bonds. The lowest BCUT2D eigenvalue weighted by molar-refractivity contribution is -0.122. The quantitative estimate of drug-likeness (QED) is 0.744. The van der Waals surface area contributed by atoms with Crippen molar-refractivity contribution in [3.63, 3.8) is 0 Å². The van der Waals surface area contributed by atoms with Gasteiger partial charge < -0.3 is 15.4 Å². The van der Waals surface area contributed by atoms with E-state index in [9.17, 15) is 4.79 Å². The van der Waals surface area contributed by atoms with Crippen molar-refractivity contribution in [2.75, 3.05) is 26.0 Å².